The van der Waals surface area contributed by atoms with Gasteiger partial charge >= 0.3 is 0 Å². The lowest BCUT2D eigenvalue weighted by atomic mass is 9.85. The predicted molar refractivity (Wildman–Crippen MR) is 131 cm³/mol. The molecule has 6 rings (SSSR count). The highest BCUT2D eigenvalue weighted by Gasteiger charge is 2.41. The molecule has 0 saturated carbocycles. The average molecular weight is 461 g/mol. The standard InChI is InChI=1S/C28H19N3O4/c1-3-16-10-9-15(2)29-24(16)31-27(34)20-13-11-18-22-19(12-14-21(23(20)22)28(31)35)26(33)30(25(18)32)17-7-5-4-6-8-17/h4-14H,3H2,1-2H3. The Kier molecular flexibility index (Phi) is 4.44. The van der Waals surface area contributed by atoms with Crippen LogP contribution in [-0.4, -0.2) is 28.6 Å². The number of carbonyl (C=O) groups is 4. The second kappa shape index (κ2) is 7.43. The van der Waals surface area contributed by atoms with Gasteiger partial charge < -0.3 is 0 Å². The number of amides is 4. The van der Waals surface area contributed by atoms with E-state index in [4.69, 9.17) is 0 Å². The number of para-hydroxylation sites is 1. The van der Waals surface area contributed by atoms with Gasteiger partial charge in [0, 0.05) is 38.7 Å². The molecular formula is C28H19N3O4. The molecule has 4 aromatic rings. The molecule has 0 aliphatic carbocycles. The molecule has 0 fully saturated rings. The number of hydrogen-bond donors (Lipinski definition) is 0. The average Bonchev–Trinajstić information content (AvgIpc) is 2.87. The van der Waals surface area contributed by atoms with E-state index in [1.165, 1.54) is 0 Å². The van der Waals surface area contributed by atoms with Crippen molar-refractivity contribution in [2.45, 2.75) is 20.3 Å². The minimum Gasteiger partial charge on any atom is -0.268 e. The molecule has 170 valence electrons. The van der Waals surface area contributed by atoms with Crippen LogP contribution in [0.25, 0.3) is 10.8 Å². The van der Waals surface area contributed by atoms with Gasteiger partial charge in [0.1, 0.15) is 5.82 Å². The Hall–Kier alpha value is -4.65. The van der Waals surface area contributed by atoms with Crippen molar-refractivity contribution in [3.05, 3.63) is 100 Å². The van der Waals surface area contributed by atoms with Gasteiger partial charge in [0.15, 0.2) is 0 Å². The number of aromatic nitrogens is 1. The number of rotatable bonds is 3. The molecule has 0 N–H and O–H groups in total. The lowest BCUT2D eigenvalue weighted by molar-refractivity contribution is 0.0872. The van der Waals surface area contributed by atoms with Gasteiger partial charge in [-0.05, 0) is 61.4 Å². The second-order valence-electron chi connectivity index (χ2n) is 8.59. The van der Waals surface area contributed by atoms with Crippen LogP contribution in [0, 0.1) is 6.92 Å². The first-order valence-electron chi connectivity index (χ1n) is 11.3. The van der Waals surface area contributed by atoms with Crippen LogP contribution in [0.2, 0.25) is 0 Å². The van der Waals surface area contributed by atoms with Gasteiger partial charge in [0.25, 0.3) is 23.6 Å². The van der Waals surface area contributed by atoms with E-state index in [1.807, 2.05) is 19.1 Å². The molecule has 0 atom stereocenters. The molecule has 1 aromatic heterocycles. The molecule has 35 heavy (non-hydrogen) atoms. The van der Waals surface area contributed by atoms with Crippen molar-refractivity contribution in [2.24, 2.45) is 0 Å². The van der Waals surface area contributed by atoms with Crippen molar-refractivity contribution in [2.75, 3.05) is 9.80 Å². The zero-order valence-corrected chi connectivity index (χ0v) is 19.0. The summed E-state index contributed by atoms with van der Waals surface area (Å²) in [7, 11) is 0. The maximum Gasteiger partial charge on any atom is 0.267 e. The van der Waals surface area contributed by atoms with Crippen LogP contribution in [0.4, 0.5) is 11.5 Å². The SMILES string of the molecule is CCc1ccc(C)nc1N1C(=O)c2ccc3c4c(ccc(c24)C1=O)C(=O)N(c1ccccc1)C3=O. The van der Waals surface area contributed by atoms with Crippen molar-refractivity contribution < 1.29 is 19.2 Å². The molecule has 2 aliphatic rings. The van der Waals surface area contributed by atoms with E-state index in [-0.39, 0.29) is 22.3 Å². The number of benzene rings is 3. The molecule has 0 radical (unpaired) electrons. The number of anilines is 2. The number of nitrogens with zero attached hydrogens (tertiary/aromatic N) is 3. The molecular weight excluding hydrogens is 442 g/mol. The number of hydrogen-bond acceptors (Lipinski definition) is 5. The lowest BCUT2D eigenvalue weighted by Gasteiger charge is -2.32. The first-order valence-corrected chi connectivity index (χ1v) is 11.3. The Balaban J connectivity index is 1.58. The molecule has 7 nitrogen and oxygen atoms in total. The summed E-state index contributed by atoms with van der Waals surface area (Å²) in [6, 6.07) is 18.6. The molecule has 0 spiro atoms. The summed E-state index contributed by atoms with van der Waals surface area (Å²) in [5, 5.41) is 0.683. The minimum absolute atomic E-state index is 0.263. The number of pyridine rings is 1. The van der Waals surface area contributed by atoms with Crippen LogP contribution in [0.1, 0.15) is 59.6 Å². The third kappa shape index (κ3) is 2.81. The van der Waals surface area contributed by atoms with Crippen molar-refractivity contribution >= 4 is 45.9 Å². The molecule has 0 unspecified atom stereocenters. The zero-order chi connectivity index (χ0) is 24.4. The smallest absolute Gasteiger partial charge is 0.267 e. The van der Waals surface area contributed by atoms with Gasteiger partial charge in [0.05, 0.1) is 5.69 Å². The van der Waals surface area contributed by atoms with Crippen LogP contribution < -0.4 is 9.80 Å². The third-order valence-corrected chi connectivity index (χ3v) is 6.60. The van der Waals surface area contributed by atoms with Crippen LogP contribution in [0.15, 0.2) is 66.7 Å². The fraction of sp³-hybridized carbons (Fsp3) is 0.107. The van der Waals surface area contributed by atoms with Gasteiger partial charge in [-0.15, -0.1) is 0 Å². The Labute approximate surface area is 200 Å². The summed E-state index contributed by atoms with van der Waals surface area (Å²) in [6.07, 6.45) is 0.595. The van der Waals surface area contributed by atoms with E-state index in [1.54, 1.807) is 61.5 Å². The summed E-state index contributed by atoms with van der Waals surface area (Å²) in [5.74, 6) is -1.72. The maximum atomic E-state index is 13.7. The molecule has 0 bridgehead atoms. The molecule has 0 saturated heterocycles. The summed E-state index contributed by atoms with van der Waals surface area (Å²) < 4.78 is 0. The summed E-state index contributed by atoms with van der Waals surface area (Å²) in [4.78, 5) is 60.9. The highest BCUT2D eigenvalue weighted by atomic mass is 16.2. The Morgan fingerprint density at radius 3 is 1.60 bits per heavy atom. The Morgan fingerprint density at radius 1 is 0.629 bits per heavy atom. The summed E-state index contributed by atoms with van der Waals surface area (Å²) in [5.41, 5.74) is 3.00. The van der Waals surface area contributed by atoms with Gasteiger partial charge in [0.2, 0.25) is 0 Å². The number of imide groups is 2. The fourth-order valence-electron chi connectivity index (χ4n) is 4.92. The molecule has 4 amide bonds. The maximum absolute atomic E-state index is 13.7. The zero-order valence-electron chi connectivity index (χ0n) is 19.0. The monoisotopic (exact) mass is 461 g/mol. The normalized spacial score (nSPS) is 14.8. The number of carbonyl (C=O) groups excluding carboxylic acids is 4. The van der Waals surface area contributed by atoms with Gasteiger partial charge in [-0.2, -0.15) is 0 Å². The van der Waals surface area contributed by atoms with Crippen molar-refractivity contribution in [1.82, 2.24) is 4.98 Å². The highest BCUT2D eigenvalue weighted by Crippen LogP contribution is 2.40. The molecule has 3 heterocycles. The van der Waals surface area contributed by atoms with E-state index in [0.29, 0.717) is 34.4 Å². The molecule has 7 heteroatoms. The van der Waals surface area contributed by atoms with Crippen molar-refractivity contribution in [1.29, 1.82) is 0 Å². The Bertz CT molecular complexity index is 1550. The van der Waals surface area contributed by atoms with E-state index in [2.05, 4.69) is 4.98 Å². The van der Waals surface area contributed by atoms with Crippen LogP contribution in [0.3, 0.4) is 0 Å². The number of aryl methyl sites for hydroxylation is 2. The summed E-state index contributed by atoms with van der Waals surface area (Å²) >= 11 is 0. The quantitative estimate of drug-likeness (QED) is 0.413. The topological polar surface area (TPSA) is 87.7 Å². The van der Waals surface area contributed by atoms with Crippen molar-refractivity contribution in [3.8, 4) is 0 Å². The summed E-state index contributed by atoms with van der Waals surface area (Å²) in [6.45, 7) is 3.74. The predicted octanol–water partition coefficient (Wildman–Crippen LogP) is 4.71. The first kappa shape index (κ1) is 20.9. The van der Waals surface area contributed by atoms with Crippen LogP contribution in [-0.2, 0) is 6.42 Å². The lowest BCUT2D eigenvalue weighted by Crippen LogP contribution is -2.44. The van der Waals surface area contributed by atoms with Gasteiger partial charge in [-0.25, -0.2) is 14.8 Å². The van der Waals surface area contributed by atoms with Crippen LogP contribution >= 0.6 is 0 Å². The highest BCUT2D eigenvalue weighted by molar-refractivity contribution is 6.42. The Morgan fingerprint density at radius 2 is 1.11 bits per heavy atom. The molecule has 2 aliphatic heterocycles. The fourth-order valence-corrected chi connectivity index (χ4v) is 4.92. The molecule has 3 aromatic carbocycles. The second-order valence-corrected chi connectivity index (χ2v) is 8.59. The van der Waals surface area contributed by atoms with Crippen molar-refractivity contribution in [3.63, 3.8) is 0 Å². The minimum atomic E-state index is -0.524. The van der Waals surface area contributed by atoms with Gasteiger partial charge in [-0.3, -0.25) is 19.2 Å². The largest absolute Gasteiger partial charge is 0.268 e. The van der Waals surface area contributed by atoms with E-state index in [0.717, 1.165) is 15.4 Å². The first-order chi connectivity index (χ1) is 16.9. The van der Waals surface area contributed by atoms with E-state index < -0.39 is 23.6 Å². The third-order valence-electron chi connectivity index (χ3n) is 6.60. The van der Waals surface area contributed by atoms with Gasteiger partial charge in [-0.1, -0.05) is 31.2 Å². The van der Waals surface area contributed by atoms with E-state index >= 15 is 0 Å². The van der Waals surface area contributed by atoms with E-state index in [9.17, 15) is 19.2 Å². The van der Waals surface area contributed by atoms with Crippen LogP contribution in [0.5, 0.6) is 0 Å².